The molecule has 2 aliphatic rings. The molecule has 1 heterocycles. The SMILES string of the molecule is C[C@@H]1COCCN1C(=O)C1CCC(N)C1. The Labute approximate surface area is 90.8 Å². The molecule has 15 heavy (non-hydrogen) atoms. The van der Waals surface area contributed by atoms with Crippen LogP contribution in [0.1, 0.15) is 26.2 Å². The lowest BCUT2D eigenvalue weighted by atomic mass is 10.0. The summed E-state index contributed by atoms with van der Waals surface area (Å²) in [5.74, 6) is 0.458. The molecule has 1 saturated heterocycles. The van der Waals surface area contributed by atoms with Crippen LogP contribution in [0.2, 0.25) is 0 Å². The van der Waals surface area contributed by atoms with E-state index in [9.17, 15) is 4.79 Å². The van der Waals surface area contributed by atoms with E-state index in [2.05, 4.69) is 0 Å². The molecular formula is C11H20N2O2. The average molecular weight is 212 g/mol. The van der Waals surface area contributed by atoms with Crippen LogP contribution in [0, 0.1) is 5.92 Å². The van der Waals surface area contributed by atoms with Gasteiger partial charge in [0.05, 0.1) is 19.3 Å². The second kappa shape index (κ2) is 4.49. The van der Waals surface area contributed by atoms with Crippen LogP contribution >= 0.6 is 0 Å². The number of morpholine rings is 1. The largest absolute Gasteiger partial charge is 0.377 e. The van der Waals surface area contributed by atoms with E-state index in [0.717, 1.165) is 25.8 Å². The van der Waals surface area contributed by atoms with Gasteiger partial charge in [0.15, 0.2) is 0 Å². The highest BCUT2D eigenvalue weighted by Gasteiger charge is 2.33. The van der Waals surface area contributed by atoms with E-state index >= 15 is 0 Å². The van der Waals surface area contributed by atoms with Crippen molar-refractivity contribution in [1.82, 2.24) is 4.90 Å². The molecule has 0 spiro atoms. The Balaban J connectivity index is 1.94. The van der Waals surface area contributed by atoms with Gasteiger partial charge in [0.25, 0.3) is 0 Å². The van der Waals surface area contributed by atoms with Gasteiger partial charge in [-0.15, -0.1) is 0 Å². The van der Waals surface area contributed by atoms with E-state index in [1.165, 1.54) is 0 Å². The fourth-order valence-electron chi connectivity index (χ4n) is 2.53. The molecule has 1 aliphatic carbocycles. The van der Waals surface area contributed by atoms with E-state index in [0.29, 0.717) is 19.1 Å². The van der Waals surface area contributed by atoms with Crippen molar-refractivity contribution in [2.24, 2.45) is 11.7 Å². The molecule has 4 nitrogen and oxygen atoms in total. The molecule has 1 amide bonds. The maximum Gasteiger partial charge on any atom is 0.226 e. The third-order valence-electron chi connectivity index (χ3n) is 3.47. The van der Waals surface area contributed by atoms with Crippen molar-refractivity contribution in [2.45, 2.75) is 38.3 Å². The van der Waals surface area contributed by atoms with Crippen LogP contribution in [-0.2, 0) is 9.53 Å². The molecule has 2 fully saturated rings. The van der Waals surface area contributed by atoms with Gasteiger partial charge >= 0.3 is 0 Å². The number of carbonyl (C=O) groups is 1. The van der Waals surface area contributed by atoms with Crippen LogP contribution in [-0.4, -0.2) is 42.6 Å². The minimum Gasteiger partial charge on any atom is -0.377 e. The Morgan fingerprint density at radius 3 is 2.87 bits per heavy atom. The van der Waals surface area contributed by atoms with Crippen LogP contribution < -0.4 is 5.73 Å². The molecule has 4 heteroatoms. The zero-order valence-corrected chi connectivity index (χ0v) is 9.32. The van der Waals surface area contributed by atoms with Crippen molar-refractivity contribution >= 4 is 5.91 Å². The van der Waals surface area contributed by atoms with E-state index in [4.69, 9.17) is 10.5 Å². The molecule has 2 unspecified atom stereocenters. The van der Waals surface area contributed by atoms with Crippen molar-refractivity contribution in [1.29, 1.82) is 0 Å². The molecule has 2 N–H and O–H groups in total. The second-order valence-corrected chi connectivity index (χ2v) is 4.73. The van der Waals surface area contributed by atoms with Crippen LogP contribution in [0.5, 0.6) is 0 Å². The molecule has 1 aliphatic heterocycles. The number of carbonyl (C=O) groups excluding carboxylic acids is 1. The van der Waals surface area contributed by atoms with E-state index < -0.39 is 0 Å². The fraction of sp³-hybridized carbons (Fsp3) is 0.909. The highest BCUT2D eigenvalue weighted by Crippen LogP contribution is 2.27. The van der Waals surface area contributed by atoms with Gasteiger partial charge in [-0.2, -0.15) is 0 Å². The van der Waals surface area contributed by atoms with Gasteiger partial charge in [-0.1, -0.05) is 0 Å². The lowest BCUT2D eigenvalue weighted by molar-refractivity contribution is -0.143. The topological polar surface area (TPSA) is 55.6 Å². The molecule has 0 radical (unpaired) electrons. The highest BCUT2D eigenvalue weighted by molar-refractivity contribution is 5.79. The molecular weight excluding hydrogens is 192 g/mol. The zero-order chi connectivity index (χ0) is 10.8. The molecule has 0 bridgehead atoms. The third kappa shape index (κ3) is 2.32. The Morgan fingerprint density at radius 2 is 2.27 bits per heavy atom. The molecule has 86 valence electrons. The summed E-state index contributed by atoms with van der Waals surface area (Å²) in [7, 11) is 0. The summed E-state index contributed by atoms with van der Waals surface area (Å²) in [4.78, 5) is 14.1. The summed E-state index contributed by atoms with van der Waals surface area (Å²) < 4.78 is 5.33. The predicted octanol–water partition coefficient (Wildman–Crippen LogP) is 0.361. The quantitative estimate of drug-likeness (QED) is 0.683. The first-order chi connectivity index (χ1) is 7.18. The van der Waals surface area contributed by atoms with Crippen molar-refractivity contribution < 1.29 is 9.53 Å². The van der Waals surface area contributed by atoms with Gasteiger partial charge in [-0.05, 0) is 26.2 Å². The van der Waals surface area contributed by atoms with Gasteiger partial charge in [0, 0.05) is 18.5 Å². The number of ether oxygens (including phenoxy) is 1. The number of nitrogens with two attached hydrogens (primary N) is 1. The Morgan fingerprint density at radius 1 is 1.47 bits per heavy atom. The number of hydrogen-bond acceptors (Lipinski definition) is 3. The summed E-state index contributed by atoms with van der Waals surface area (Å²) in [5, 5.41) is 0. The lowest BCUT2D eigenvalue weighted by Crippen LogP contribution is -2.49. The van der Waals surface area contributed by atoms with Gasteiger partial charge in [-0.25, -0.2) is 0 Å². The summed E-state index contributed by atoms with van der Waals surface area (Å²) in [6, 6.07) is 0.457. The van der Waals surface area contributed by atoms with Crippen LogP contribution in [0.25, 0.3) is 0 Å². The molecule has 2 rings (SSSR count). The lowest BCUT2D eigenvalue weighted by Gasteiger charge is -2.35. The number of amides is 1. The number of rotatable bonds is 1. The molecule has 3 atom stereocenters. The van der Waals surface area contributed by atoms with Crippen molar-refractivity contribution in [3.63, 3.8) is 0 Å². The number of nitrogens with zero attached hydrogens (tertiary/aromatic N) is 1. The number of hydrogen-bond donors (Lipinski definition) is 1. The van der Waals surface area contributed by atoms with E-state index in [1.807, 2.05) is 11.8 Å². The maximum atomic E-state index is 12.2. The first-order valence-electron chi connectivity index (χ1n) is 5.82. The summed E-state index contributed by atoms with van der Waals surface area (Å²) in [5.41, 5.74) is 5.83. The Bertz CT molecular complexity index is 245. The molecule has 0 aromatic heterocycles. The van der Waals surface area contributed by atoms with Crippen molar-refractivity contribution in [2.75, 3.05) is 19.8 Å². The zero-order valence-electron chi connectivity index (χ0n) is 9.32. The van der Waals surface area contributed by atoms with Gasteiger partial charge < -0.3 is 15.4 Å². The smallest absolute Gasteiger partial charge is 0.226 e. The normalized spacial score (nSPS) is 36.9. The molecule has 0 aromatic rings. The van der Waals surface area contributed by atoms with Crippen molar-refractivity contribution in [3.05, 3.63) is 0 Å². The fourth-order valence-corrected chi connectivity index (χ4v) is 2.53. The van der Waals surface area contributed by atoms with Gasteiger partial charge in [0.2, 0.25) is 5.91 Å². The first-order valence-corrected chi connectivity index (χ1v) is 5.82. The Kier molecular flexibility index (Phi) is 3.26. The first kappa shape index (κ1) is 10.9. The van der Waals surface area contributed by atoms with Crippen LogP contribution in [0.4, 0.5) is 0 Å². The monoisotopic (exact) mass is 212 g/mol. The summed E-state index contributed by atoms with van der Waals surface area (Å²) in [6.07, 6.45) is 2.82. The van der Waals surface area contributed by atoms with Crippen molar-refractivity contribution in [3.8, 4) is 0 Å². The standard InChI is InChI=1S/C11H20N2O2/c1-8-7-15-5-4-13(8)11(14)9-2-3-10(12)6-9/h8-10H,2-7,12H2,1H3/t8-,9?,10?/m1/s1. The summed E-state index contributed by atoms with van der Waals surface area (Å²) >= 11 is 0. The highest BCUT2D eigenvalue weighted by atomic mass is 16.5. The maximum absolute atomic E-state index is 12.2. The third-order valence-corrected chi connectivity index (χ3v) is 3.47. The van der Waals surface area contributed by atoms with Gasteiger partial charge in [-0.3, -0.25) is 4.79 Å². The van der Waals surface area contributed by atoms with Gasteiger partial charge in [0.1, 0.15) is 0 Å². The average Bonchev–Trinajstić information content (AvgIpc) is 2.65. The van der Waals surface area contributed by atoms with E-state index in [1.54, 1.807) is 0 Å². The predicted molar refractivity (Wildman–Crippen MR) is 57.3 cm³/mol. The van der Waals surface area contributed by atoms with E-state index in [-0.39, 0.29) is 18.0 Å². The minimum atomic E-state index is 0.167. The Hall–Kier alpha value is -0.610. The van der Waals surface area contributed by atoms with Crippen LogP contribution in [0.3, 0.4) is 0 Å². The second-order valence-electron chi connectivity index (χ2n) is 4.73. The molecule has 0 aromatic carbocycles. The molecule has 1 saturated carbocycles. The summed E-state index contributed by atoms with van der Waals surface area (Å²) in [6.45, 7) is 4.14. The van der Waals surface area contributed by atoms with Crippen LogP contribution in [0.15, 0.2) is 0 Å². The minimum absolute atomic E-state index is 0.167.